The lowest BCUT2D eigenvalue weighted by Gasteiger charge is -2.07. The Balaban J connectivity index is 1.53. The Morgan fingerprint density at radius 3 is 2.92 bits per heavy atom. The first-order valence-electron chi connectivity index (χ1n) is 7.91. The Kier molecular flexibility index (Phi) is 3.90. The van der Waals surface area contributed by atoms with Crippen LogP contribution < -0.4 is 5.56 Å². The average Bonchev–Trinajstić information content (AvgIpc) is 3.17. The van der Waals surface area contributed by atoms with Crippen molar-refractivity contribution in [2.75, 3.05) is 0 Å². The van der Waals surface area contributed by atoms with Gasteiger partial charge in [-0.25, -0.2) is 4.98 Å². The second kappa shape index (κ2) is 6.20. The van der Waals surface area contributed by atoms with Crippen molar-refractivity contribution >= 4 is 27.5 Å². The van der Waals surface area contributed by atoms with E-state index in [-0.39, 0.29) is 18.7 Å². The molecule has 24 heavy (non-hydrogen) atoms. The van der Waals surface area contributed by atoms with Crippen LogP contribution in [0.3, 0.4) is 0 Å². The maximum absolute atomic E-state index is 12.7. The smallest absolute Gasteiger partial charge is 0.326 e. The Labute approximate surface area is 142 Å². The highest BCUT2D eigenvalue weighted by molar-refractivity contribution is 7.18. The van der Waals surface area contributed by atoms with Gasteiger partial charge in [0, 0.05) is 4.88 Å². The van der Waals surface area contributed by atoms with E-state index in [4.69, 9.17) is 4.74 Å². The van der Waals surface area contributed by atoms with Crippen molar-refractivity contribution in [3.05, 3.63) is 63.0 Å². The number of benzene rings is 1. The van der Waals surface area contributed by atoms with E-state index in [1.165, 1.54) is 15.8 Å². The lowest BCUT2D eigenvalue weighted by molar-refractivity contribution is -0.145. The Morgan fingerprint density at radius 2 is 2.08 bits per heavy atom. The predicted octanol–water partition coefficient (Wildman–Crippen LogP) is 2.69. The van der Waals surface area contributed by atoms with Crippen LogP contribution in [0.15, 0.2) is 41.5 Å². The van der Waals surface area contributed by atoms with E-state index in [9.17, 15) is 9.59 Å². The molecule has 0 spiro atoms. The van der Waals surface area contributed by atoms with Crippen molar-refractivity contribution in [2.24, 2.45) is 0 Å². The number of fused-ring (bicyclic) bond motifs is 3. The van der Waals surface area contributed by atoms with Crippen LogP contribution in [-0.4, -0.2) is 15.5 Å². The number of hydrogen-bond acceptors (Lipinski definition) is 5. The van der Waals surface area contributed by atoms with Gasteiger partial charge in [0.25, 0.3) is 5.56 Å². The van der Waals surface area contributed by atoms with Crippen molar-refractivity contribution in [1.82, 2.24) is 9.55 Å². The molecule has 0 saturated carbocycles. The maximum atomic E-state index is 12.7. The molecule has 1 aliphatic rings. The Morgan fingerprint density at radius 1 is 1.25 bits per heavy atom. The van der Waals surface area contributed by atoms with E-state index >= 15 is 0 Å². The molecule has 3 aromatic rings. The fourth-order valence-electron chi connectivity index (χ4n) is 3.05. The SMILES string of the molecule is O=C(Cn1cnc2sc3c(c2c1=O)CCC3)OCc1ccccc1. The Hall–Kier alpha value is -2.47. The normalized spacial score (nSPS) is 13.2. The van der Waals surface area contributed by atoms with E-state index < -0.39 is 5.97 Å². The first-order chi connectivity index (χ1) is 11.7. The minimum atomic E-state index is -0.436. The molecule has 0 N–H and O–H groups in total. The van der Waals surface area contributed by atoms with Crippen molar-refractivity contribution in [3.8, 4) is 0 Å². The second-order valence-electron chi connectivity index (χ2n) is 5.86. The summed E-state index contributed by atoms with van der Waals surface area (Å²) >= 11 is 1.60. The quantitative estimate of drug-likeness (QED) is 0.685. The highest BCUT2D eigenvalue weighted by atomic mass is 32.1. The van der Waals surface area contributed by atoms with Crippen LogP contribution in [0.4, 0.5) is 0 Å². The molecule has 0 amide bonds. The third-order valence-corrected chi connectivity index (χ3v) is 5.43. The molecule has 1 aromatic carbocycles. The van der Waals surface area contributed by atoms with Gasteiger partial charge in [-0.1, -0.05) is 30.3 Å². The molecule has 0 unspecified atom stereocenters. The summed E-state index contributed by atoms with van der Waals surface area (Å²) in [6.45, 7) is 0.0944. The first-order valence-corrected chi connectivity index (χ1v) is 8.73. The summed E-state index contributed by atoms with van der Waals surface area (Å²) in [7, 11) is 0. The standard InChI is InChI=1S/C18H16N2O3S/c21-15(23-10-12-5-2-1-3-6-12)9-20-11-19-17-16(18(20)22)13-7-4-8-14(13)24-17/h1-3,5-6,11H,4,7-10H2. The number of aryl methyl sites for hydroxylation is 2. The molecular weight excluding hydrogens is 324 g/mol. The number of carbonyl (C=O) groups is 1. The van der Waals surface area contributed by atoms with Crippen LogP contribution in [0.2, 0.25) is 0 Å². The van der Waals surface area contributed by atoms with Crippen molar-refractivity contribution in [2.45, 2.75) is 32.4 Å². The van der Waals surface area contributed by atoms with E-state index in [1.54, 1.807) is 11.3 Å². The highest BCUT2D eigenvalue weighted by Crippen LogP contribution is 2.34. The molecular formula is C18H16N2O3S. The van der Waals surface area contributed by atoms with Gasteiger partial charge < -0.3 is 4.74 Å². The molecule has 0 fully saturated rings. The van der Waals surface area contributed by atoms with Gasteiger partial charge in [0.05, 0.1) is 11.7 Å². The number of hydrogen-bond donors (Lipinski definition) is 0. The molecule has 4 rings (SSSR count). The minimum Gasteiger partial charge on any atom is -0.459 e. The number of carbonyl (C=O) groups excluding carboxylic acids is 1. The summed E-state index contributed by atoms with van der Waals surface area (Å²) < 4.78 is 6.60. The van der Waals surface area contributed by atoms with Crippen LogP contribution in [0.5, 0.6) is 0 Å². The van der Waals surface area contributed by atoms with E-state index in [0.29, 0.717) is 5.39 Å². The van der Waals surface area contributed by atoms with Gasteiger partial charge in [-0.2, -0.15) is 0 Å². The van der Waals surface area contributed by atoms with Crippen molar-refractivity contribution in [3.63, 3.8) is 0 Å². The zero-order valence-corrected chi connectivity index (χ0v) is 13.8. The lowest BCUT2D eigenvalue weighted by atomic mass is 10.2. The zero-order chi connectivity index (χ0) is 16.5. The Bertz CT molecular complexity index is 960. The second-order valence-corrected chi connectivity index (χ2v) is 6.95. The molecule has 2 aromatic heterocycles. The van der Waals surface area contributed by atoms with Crippen LogP contribution in [0.1, 0.15) is 22.4 Å². The molecule has 0 saturated heterocycles. The zero-order valence-electron chi connectivity index (χ0n) is 13.0. The monoisotopic (exact) mass is 340 g/mol. The largest absolute Gasteiger partial charge is 0.459 e. The molecule has 6 heteroatoms. The minimum absolute atomic E-state index is 0.112. The van der Waals surface area contributed by atoms with E-state index in [1.807, 2.05) is 30.3 Å². The maximum Gasteiger partial charge on any atom is 0.326 e. The van der Waals surface area contributed by atoms with Gasteiger partial charge in [-0.05, 0) is 30.4 Å². The van der Waals surface area contributed by atoms with Crippen LogP contribution >= 0.6 is 11.3 Å². The van der Waals surface area contributed by atoms with Crippen molar-refractivity contribution in [1.29, 1.82) is 0 Å². The third-order valence-electron chi connectivity index (χ3n) is 4.23. The highest BCUT2D eigenvalue weighted by Gasteiger charge is 2.21. The van der Waals surface area contributed by atoms with Gasteiger partial charge in [0.15, 0.2) is 0 Å². The third kappa shape index (κ3) is 2.73. The fraction of sp³-hybridized carbons (Fsp3) is 0.278. The number of nitrogens with zero attached hydrogens (tertiary/aromatic N) is 2. The molecule has 0 bridgehead atoms. The summed E-state index contributed by atoms with van der Waals surface area (Å²) in [5, 5.41) is 0.686. The summed E-state index contributed by atoms with van der Waals surface area (Å²) in [4.78, 5) is 31.1. The van der Waals surface area contributed by atoms with Gasteiger partial charge >= 0.3 is 5.97 Å². The molecule has 122 valence electrons. The molecule has 0 aliphatic heterocycles. The number of rotatable bonds is 4. The van der Waals surface area contributed by atoms with E-state index in [2.05, 4.69) is 4.98 Å². The molecule has 0 atom stereocenters. The fourth-order valence-corrected chi connectivity index (χ4v) is 4.27. The van der Waals surface area contributed by atoms with Gasteiger partial charge in [-0.3, -0.25) is 14.2 Å². The van der Waals surface area contributed by atoms with Crippen molar-refractivity contribution < 1.29 is 9.53 Å². The summed E-state index contributed by atoms with van der Waals surface area (Å²) in [5.41, 5.74) is 1.90. The van der Waals surface area contributed by atoms with Gasteiger partial charge in [-0.15, -0.1) is 11.3 Å². The van der Waals surface area contributed by atoms with Gasteiger partial charge in [0.2, 0.25) is 0 Å². The molecule has 1 aliphatic carbocycles. The number of ether oxygens (including phenoxy) is 1. The topological polar surface area (TPSA) is 61.2 Å². The molecule has 2 heterocycles. The predicted molar refractivity (Wildman–Crippen MR) is 92.1 cm³/mol. The summed E-state index contributed by atoms with van der Waals surface area (Å²) in [6, 6.07) is 9.47. The lowest BCUT2D eigenvalue weighted by Crippen LogP contribution is -2.25. The number of esters is 1. The van der Waals surface area contributed by atoms with E-state index in [0.717, 1.165) is 35.2 Å². The molecule has 0 radical (unpaired) electrons. The summed E-state index contributed by atoms with van der Waals surface area (Å²) in [6.07, 6.45) is 4.48. The van der Waals surface area contributed by atoms with Crippen LogP contribution in [0.25, 0.3) is 10.2 Å². The number of thiophene rings is 1. The van der Waals surface area contributed by atoms with Crippen LogP contribution in [-0.2, 0) is 35.5 Å². The number of aromatic nitrogens is 2. The van der Waals surface area contributed by atoms with Crippen LogP contribution in [0, 0.1) is 0 Å². The summed E-state index contributed by atoms with van der Waals surface area (Å²) in [5.74, 6) is -0.436. The molecule has 5 nitrogen and oxygen atoms in total. The first kappa shape index (κ1) is 15.1. The average molecular weight is 340 g/mol. The van der Waals surface area contributed by atoms with Gasteiger partial charge in [0.1, 0.15) is 18.0 Å².